The molecule has 1 fully saturated rings. The Balaban J connectivity index is 1.98. The molecule has 3 rings (SSSR count). The number of nitro benzene ring substituents is 1. The Hall–Kier alpha value is -2.15. The van der Waals surface area contributed by atoms with Gasteiger partial charge in [0.25, 0.3) is 5.69 Å². The largest absolute Gasteiger partial charge is 0.339 e. The number of fused-ring (bicyclic) bond motifs is 1. The third kappa shape index (κ3) is 1.60. The van der Waals surface area contributed by atoms with Gasteiger partial charge in [0.15, 0.2) is 0 Å². The monoisotopic (exact) mass is 233 g/mol. The maximum absolute atomic E-state index is 10.6. The SMILES string of the molecule is NC1CN(c2nc3ccc([N+](=O)[O-])cc3[nH]2)C1. The Kier molecular flexibility index (Phi) is 2.02. The summed E-state index contributed by atoms with van der Waals surface area (Å²) in [4.78, 5) is 19.7. The number of hydrogen-bond donors (Lipinski definition) is 2. The second-order valence-corrected chi connectivity index (χ2v) is 4.18. The van der Waals surface area contributed by atoms with Crippen molar-refractivity contribution in [3.63, 3.8) is 0 Å². The number of aromatic amines is 1. The van der Waals surface area contributed by atoms with E-state index in [0.717, 1.165) is 24.6 Å². The predicted octanol–water partition coefficient (Wildman–Crippen LogP) is 0.618. The van der Waals surface area contributed by atoms with Crippen LogP contribution in [0.25, 0.3) is 11.0 Å². The lowest BCUT2D eigenvalue weighted by Crippen LogP contribution is -2.56. The van der Waals surface area contributed by atoms with Crippen molar-refractivity contribution in [3.8, 4) is 0 Å². The fourth-order valence-electron chi connectivity index (χ4n) is 1.93. The number of nitro groups is 1. The summed E-state index contributed by atoms with van der Waals surface area (Å²) in [5.41, 5.74) is 7.16. The highest BCUT2D eigenvalue weighted by Gasteiger charge is 2.25. The lowest BCUT2D eigenvalue weighted by Gasteiger charge is -2.36. The molecule has 0 aliphatic carbocycles. The zero-order valence-corrected chi connectivity index (χ0v) is 8.96. The Bertz CT molecular complexity index is 587. The van der Waals surface area contributed by atoms with Gasteiger partial charge in [-0.1, -0.05) is 0 Å². The summed E-state index contributed by atoms with van der Waals surface area (Å²) >= 11 is 0. The van der Waals surface area contributed by atoms with Crippen molar-refractivity contribution in [3.05, 3.63) is 28.3 Å². The van der Waals surface area contributed by atoms with Gasteiger partial charge in [-0.15, -0.1) is 0 Å². The molecule has 1 aromatic carbocycles. The first-order valence-corrected chi connectivity index (χ1v) is 5.28. The van der Waals surface area contributed by atoms with E-state index < -0.39 is 4.92 Å². The van der Waals surface area contributed by atoms with Crippen molar-refractivity contribution in [1.82, 2.24) is 9.97 Å². The molecule has 0 atom stereocenters. The summed E-state index contributed by atoms with van der Waals surface area (Å²) in [5, 5.41) is 10.6. The number of H-pyrrole nitrogens is 1. The van der Waals surface area contributed by atoms with E-state index in [1.807, 2.05) is 4.90 Å². The molecule has 1 aliphatic heterocycles. The summed E-state index contributed by atoms with van der Waals surface area (Å²) in [7, 11) is 0. The molecule has 1 saturated heterocycles. The minimum Gasteiger partial charge on any atom is -0.339 e. The molecule has 0 radical (unpaired) electrons. The number of aromatic nitrogens is 2. The summed E-state index contributed by atoms with van der Waals surface area (Å²) in [6.07, 6.45) is 0. The van der Waals surface area contributed by atoms with Gasteiger partial charge in [-0.25, -0.2) is 4.98 Å². The molecule has 0 spiro atoms. The van der Waals surface area contributed by atoms with Crippen LogP contribution in [0.2, 0.25) is 0 Å². The smallest absolute Gasteiger partial charge is 0.271 e. The highest BCUT2D eigenvalue weighted by molar-refractivity contribution is 5.80. The topological polar surface area (TPSA) is 101 Å². The van der Waals surface area contributed by atoms with Crippen LogP contribution in [0, 0.1) is 10.1 Å². The molecular weight excluding hydrogens is 222 g/mol. The van der Waals surface area contributed by atoms with Crippen LogP contribution in [0.5, 0.6) is 0 Å². The summed E-state index contributed by atoms with van der Waals surface area (Å²) in [5.74, 6) is 0.724. The van der Waals surface area contributed by atoms with Crippen molar-refractivity contribution in [2.75, 3.05) is 18.0 Å². The molecular formula is C10H11N5O2. The van der Waals surface area contributed by atoms with Crippen LogP contribution in [0.1, 0.15) is 0 Å². The number of rotatable bonds is 2. The van der Waals surface area contributed by atoms with Crippen LogP contribution in [-0.2, 0) is 0 Å². The van der Waals surface area contributed by atoms with Crippen molar-refractivity contribution < 1.29 is 4.92 Å². The first kappa shape index (κ1) is 10.0. The van der Waals surface area contributed by atoms with Crippen molar-refractivity contribution in [1.29, 1.82) is 0 Å². The maximum atomic E-state index is 10.6. The summed E-state index contributed by atoms with van der Waals surface area (Å²) in [6.45, 7) is 1.53. The fraction of sp³-hybridized carbons (Fsp3) is 0.300. The average Bonchev–Trinajstić information content (AvgIpc) is 2.66. The molecule has 2 heterocycles. The molecule has 1 aromatic heterocycles. The number of hydrogen-bond acceptors (Lipinski definition) is 5. The highest BCUT2D eigenvalue weighted by Crippen LogP contribution is 2.24. The lowest BCUT2D eigenvalue weighted by molar-refractivity contribution is -0.384. The van der Waals surface area contributed by atoms with E-state index in [1.54, 1.807) is 6.07 Å². The van der Waals surface area contributed by atoms with E-state index in [0.29, 0.717) is 5.52 Å². The molecule has 0 unspecified atom stereocenters. The number of nitrogens with one attached hydrogen (secondary N) is 1. The Labute approximate surface area is 96.4 Å². The number of nitrogens with zero attached hydrogens (tertiary/aromatic N) is 3. The minimum absolute atomic E-state index is 0.0630. The summed E-state index contributed by atoms with van der Waals surface area (Å²) in [6, 6.07) is 4.78. The number of benzene rings is 1. The molecule has 0 saturated carbocycles. The molecule has 2 aromatic rings. The third-order valence-electron chi connectivity index (χ3n) is 2.87. The Morgan fingerprint density at radius 3 is 2.94 bits per heavy atom. The fourth-order valence-corrected chi connectivity index (χ4v) is 1.93. The van der Waals surface area contributed by atoms with Crippen molar-refractivity contribution in [2.45, 2.75) is 6.04 Å². The molecule has 88 valence electrons. The van der Waals surface area contributed by atoms with E-state index in [2.05, 4.69) is 9.97 Å². The molecule has 7 heteroatoms. The number of imidazole rings is 1. The van der Waals surface area contributed by atoms with Gasteiger partial charge in [-0.05, 0) is 6.07 Å². The number of anilines is 1. The summed E-state index contributed by atoms with van der Waals surface area (Å²) < 4.78 is 0. The van der Waals surface area contributed by atoms with Crippen molar-refractivity contribution in [2.24, 2.45) is 5.73 Å². The quantitative estimate of drug-likeness (QED) is 0.584. The van der Waals surface area contributed by atoms with Crippen LogP contribution in [0.4, 0.5) is 11.6 Å². The van der Waals surface area contributed by atoms with E-state index >= 15 is 0 Å². The van der Waals surface area contributed by atoms with E-state index in [1.165, 1.54) is 12.1 Å². The van der Waals surface area contributed by atoms with E-state index in [-0.39, 0.29) is 11.7 Å². The zero-order valence-electron chi connectivity index (χ0n) is 8.96. The van der Waals surface area contributed by atoms with Crippen molar-refractivity contribution >= 4 is 22.7 Å². The van der Waals surface area contributed by atoms with Gasteiger partial charge in [-0.3, -0.25) is 10.1 Å². The van der Waals surface area contributed by atoms with Gasteiger partial charge < -0.3 is 15.6 Å². The molecule has 3 N–H and O–H groups in total. The molecule has 7 nitrogen and oxygen atoms in total. The van der Waals surface area contributed by atoms with Crippen LogP contribution in [-0.4, -0.2) is 34.0 Å². The average molecular weight is 233 g/mol. The van der Waals surface area contributed by atoms with Gasteiger partial charge in [0.05, 0.1) is 16.0 Å². The molecule has 0 amide bonds. The molecule has 1 aliphatic rings. The minimum atomic E-state index is -0.417. The third-order valence-corrected chi connectivity index (χ3v) is 2.87. The standard InChI is InChI=1S/C10H11N5O2/c11-6-4-14(5-6)10-12-8-2-1-7(15(16)17)3-9(8)13-10/h1-3,6H,4-5,11H2,(H,12,13). The van der Waals surface area contributed by atoms with Crippen LogP contribution in [0.3, 0.4) is 0 Å². The first-order chi connectivity index (χ1) is 8.13. The van der Waals surface area contributed by atoms with Gasteiger partial charge >= 0.3 is 0 Å². The van der Waals surface area contributed by atoms with Gasteiger partial charge in [0.2, 0.25) is 5.95 Å². The predicted molar refractivity (Wildman–Crippen MR) is 62.9 cm³/mol. The Morgan fingerprint density at radius 1 is 1.53 bits per heavy atom. The Morgan fingerprint density at radius 2 is 2.29 bits per heavy atom. The molecule has 17 heavy (non-hydrogen) atoms. The first-order valence-electron chi connectivity index (χ1n) is 5.28. The van der Waals surface area contributed by atoms with Gasteiger partial charge in [0, 0.05) is 31.3 Å². The second kappa shape index (κ2) is 3.42. The van der Waals surface area contributed by atoms with Crippen LogP contribution < -0.4 is 10.6 Å². The van der Waals surface area contributed by atoms with Gasteiger partial charge in [-0.2, -0.15) is 0 Å². The van der Waals surface area contributed by atoms with Crippen LogP contribution in [0.15, 0.2) is 18.2 Å². The molecule has 0 bridgehead atoms. The maximum Gasteiger partial charge on any atom is 0.271 e. The zero-order chi connectivity index (χ0) is 12.0. The van der Waals surface area contributed by atoms with E-state index in [4.69, 9.17) is 5.73 Å². The lowest BCUT2D eigenvalue weighted by atomic mass is 10.1. The number of non-ortho nitro benzene ring substituents is 1. The normalized spacial score (nSPS) is 16.2. The highest BCUT2D eigenvalue weighted by atomic mass is 16.6. The van der Waals surface area contributed by atoms with Crippen LogP contribution >= 0.6 is 0 Å². The van der Waals surface area contributed by atoms with Gasteiger partial charge in [0.1, 0.15) is 0 Å². The second-order valence-electron chi connectivity index (χ2n) is 4.18. The van der Waals surface area contributed by atoms with E-state index in [9.17, 15) is 10.1 Å². The number of nitrogens with two attached hydrogens (primary N) is 1.